The van der Waals surface area contributed by atoms with E-state index in [0.717, 1.165) is 30.6 Å². The van der Waals surface area contributed by atoms with Gasteiger partial charge in [-0.05, 0) is 43.1 Å². The van der Waals surface area contributed by atoms with E-state index in [1.807, 2.05) is 18.2 Å². The second-order valence-electron chi connectivity index (χ2n) is 4.93. The summed E-state index contributed by atoms with van der Waals surface area (Å²) in [5.74, 6) is 0.121. The van der Waals surface area contributed by atoms with Crippen LogP contribution in [-0.4, -0.2) is 17.7 Å². The van der Waals surface area contributed by atoms with Crippen molar-refractivity contribution in [1.82, 2.24) is 9.88 Å². The van der Waals surface area contributed by atoms with Crippen molar-refractivity contribution < 1.29 is 4.42 Å². The molecule has 1 aromatic heterocycles. The van der Waals surface area contributed by atoms with E-state index >= 15 is 0 Å². The van der Waals surface area contributed by atoms with Gasteiger partial charge in [0, 0.05) is 13.1 Å². The number of fused-ring (bicyclic) bond motifs is 1. The fraction of sp³-hybridized carbons (Fsp3) is 0.462. The van der Waals surface area contributed by atoms with Crippen LogP contribution >= 0.6 is 0 Å². The zero-order valence-corrected chi connectivity index (χ0v) is 10.3. The molecule has 96 valence electrons. The number of aromatic nitrogens is 1. The van der Waals surface area contributed by atoms with Crippen LogP contribution in [0.3, 0.4) is 0 Å². The van der Waals surface area contributed by atoms with Crippen molar-refractivity contribution in [3.05, 3.63) is 34.3 Å². The van der Waals surface area contributed by atoms with Gasteiger partial charge in [0.1, 0.15) is 0 Å². The molecule has 5 heteroatoms. The Labute approximate surface area is 105 Å². The van der Waals surface area contributed by atoms with E-state index in [-0.39, 0.29) is 11.8 Å². The Kier molecular flexibility index (Phi) is 2.72. The number of nitrogens with one attached hydrogen (secondary N) is 1. The lowest BCUT2D eigenvalue weighted by Gasteiger charge is -2.18. The molecule has 3 N–H and O–H groups in total. The van der Waals surface area contributed by atoms with Gasteiger partial charge in [0.25, 0.3) is 0 Å². The van der Waals surface area contributed by atoms with Crippen LogP contribution in [0.5, 0.6) is 0 Å². The molecule has 0 radical (unpaired) electrons. The first-order chi connectivity index (χ1) is 8.66. The van der Waals surface area contributed by atoms with Gasteiger partial charge in [0.2, 0.25) is 0 Å². The van der Waals surface area contributed by atoms with Crippen molar-refractivity contribution in [2.75, 3.05) is 13.1 Å². The van der Waals surface area contributed by atoms with Gasteiger partial charge in [-0.3, -0.25) is 4.57 Å². The maximum Gasteiger partial charge on any atom is 0.419 e. The molecular formula is C13H17N3O2. The summed E-state index contributed by atoms with van der Waals surface area (Å²) >= 11 is 0. The van der Waals surface area contributed by atoms with Crippen molar-refractivity contribution >= 4 is 11.1 Å². The number of nitrogens with zero attached hydrogens (tertiary/aromatic N) is 1. The summed E-state index contributed by atoms with van der Waals surface area (Å²) in [4.78, 5) is 11.4. The maximum absolute atomic E-state index is 11.4. The third kappa shape index (κ3) is 1.76. The molecule has 2 unspecified atom stereocenters. The molecule has 1 saturated heterocycles. The van der Waals surface area contributed by atoms with E-state index in [0.29, 0.717) is 11.5 Å². The quantitative estimate of drug-likeness (QED) is 0.821. The molecule has 5 nitrogen and oxygen atoms in total. The number of hydrogen-bond donors (Lipinski definition) is 2. The summed E-state index contributed by atoms with van der Waals surface area (Å²) < 4.78 is 6.69. The van der Waals surface area contributed by atoms with Gasteiger partial charge in [0.05, 0.1) is 5.52 Å². The molecule has 1 aliphatic rings. The highest BCUT2D eigenvalue weighted by Gasteiger charge is 2.23. The fourth-order valence-corrected chi connectivity index (χ4v) is 2.61. The Morgan fingerprint density at radius 3 is 3.11 bits per heavy atom. The van der Waals surface area contributed by atoms with Crippen LogP contribution in [0.2, 0.25) is 0 Å². The van der Waals surface area contributed by atoms with Crippen LogP contribution in [0, 0.1) is 5.92 Å². The van der Waals surface area contributed by atoms with E-state index < -0.39 is 0 Å². The molecule has 0 amide bonds. The van der Waals surface area contributed by atoms with Crippen molar-refractivity contribution in [2.24, 2.45) is 18.7 Å². The van der Waals surface area contributed by atoms with Crippen LogP contribution in [0.4, 0.5) is 0 Å². The lowest BCUT2D eigenvalue weighted by atomic mass is 9.93. The minimum absolute atomic E-state index is 0.00471. The Balaban J connectivity index is 2.00. The standard InChI is InChI=1S/C13H17N3O2/c1-16-10-3-2-8(6-11(10)18-13(16)17)12(14)9-4-5-15-7-9/h2-3,6,9,12,15H,4-5,7,14H2,1H3. The predicted molar refractivity (Wildman–Crippen MR) is 69.4 cm³/mol. The van der Waals surface area contributed by atoms with Crippen molar-refractivity contribution in [2.45, 2.75) is 12.5 Å². The van der Waals surface area contributed by atoms with E-state index in [1.165, 1.54) is 4.57 Å². The first kappa shape index (κ1) is 11.5. The maximum atomic E-state index is 11.4. The minimum atomic E-state index is -0.335. The molecule has 1 fully saturated rings. The average molecular weight is 247 g/mol. The summed E-state index contributed by atoms with van der Waals surface area (Å²) in [6.45, 7) is 1.99. The minimum Gasteiger partial charge on any atom is -0.408 e. The third-order valence-corrected chi connectivity index (χ3v) is 3.81. The first-order valence-corrected chi connectivity index (χ1v) is 6.22. The van der Waals surface area contributed by atoms with Gasteiger partial charge in [-0.2, -0.15) is 0 Å². The van der Waals surface area contributed by atoms with Gasteiger partial charge in [-0.25, -0.2) is 4.79 Å². The Morgan fingerprint density at radius 1 is 1.56 bits per heavy atom. The molecule has 1 aromatic carbocycles. The number of nitrogens with two attached hydrogens (primary N) is 1. The van der Waals surface area contributed by atoms with Gasteiger partial charge in [-0.1, -0.05) is 6.07 Å². The van der Waals surface area contributed by atoms with Gasteiger partial charge in [-0.15, -0.1) is 0 Å². The van der Waals surface area contributed by atoms with Gasteiger partial charge < -0.3 is 15.5 Å². The van der Waals surface area contributed by atoms with Crippen molar-refractivity contribution in [3.8, 4) is 0 Å². The molecular weight excluding hydrogens is 230 g/mol. The molecule has 0 saturated carbocycles. The highest BCUT2D eigenvalue weighted by molar-refractivity contribution is 5.73. The van der Waals surface area contributed by atoms with E-state index in [4.69, 9.17) is 10.2 Å². The van der Waals surface area contributed by atoms with E-state index in [1.54, 1.807) is 7.05 Å². The Bertz CT molecular complexity index is 623. The number of oxazole rings is 1. The molecule has 2 atom stereocenters. The van der Waals surface area contributed by atoms with E-state index in [9.17, 15) is 4.79 Å². The van der Waals surface area contributed by atoms with Crippen molar-refractivity contribution in [3.63, 3.8) is 0 Å². The molecule has 1 aliphatic heterocycles. The summed E-state index contributed by atoms with van der Waals surface area (Å²) in [7, 11) is 1.70. The fourth-order valence-electron chi connectivity index (χ4n) is 2.61. The molecule has 0 bridgehead atoms. The average Bonchev–Trinajstić information content (AvgIpc) is 2.98. The smallest absolute Gasteiger partial charge is 0.408 e. The second-order valence-corrected chi connectivity index (χ2v) is 4.93. The predicted octanol–water partition coefficient (Wildman–Crippen LogP) is 0.741. The van der Waals surface area contributed by atoms with Gasteiger partial charge >= 0.3 is 5.76 Å². The molecule has 0 spiro atoms. The Morgan fingerprint density at radius 2 is 2.39 bits per heavy atom. The number of aryl methyl sites for hydroxylation is 1. The molecule has 3 rings (SSSR count). The lowest BCUT2D eigenvalue weighted by Crippen LogP contribution is -2.23. The summed E-state index contributed by atoms with van der Waals surface area (Å²) in [6, 6.07) is 5.77. The highest BCUT2D eigenvalue weighted by atomic mass is 16.4. The number of rotatable bonds is 2. The zero-order valence-electron chi connectivity index (χ0n) is 10.3. The number of hydrogen-bond acceptors (Lipinski definition) is 4. The summed E-state index contributed by atoms with van der Waals surface area (Å²) in [5, 5.41) is 3.32. The van der Waals surface area contributed by atoms with Crippen LogP contribution in [-0.2, 0) is 7.05 Å². The SMILES string of the molecule is Cn1c(=O)oc2cc(C(N)C3CCNC3)ccc21. The topological polar surface area (TPSA) is 73.2 Å². The van der Waals surface area contributed by atoms with Gasteiger partial charge in [0.15, 0.2) is 5.58 Å². The van der Waals surface area contributed by atoms with E-state index in [2.05, 4.69) is 5.32 Å². The zero-order chi connectivity index (χ0) is 12.7. The van der Waals surface area contributed by atoms with Crippen LogP contribution in [0.15, 0.2) is 27.4 Å². The van der Waals surface area contributed by atoms with Crippen LogP contribution in [0.1, 0.15) is 18.0 Å². The monoisotopic (exact) mass is 247 g/mol. The second kappa shape index (κ2) is 4.26. The van der Waals surface area contributed by atoms with Crippen molar-refractivity contribution in [1.29, 1.82) is 0 Å². The van der Waals surface area contributed by atoms with Crippen LogP contribution < -0.4 is 16.8 Å². The normalized spacial score (nSPS) is 21.6. The Hall–Kier alpha value is -1.59. The summed E-state index contributed by atoms with van der Waals surface area (Å²) in [5.41, 5.74) is 8.72. The third-order valence-electron chi connectivity index (χ3n) is 3.81. The molecule has 0 aliphatic carbocycles. The molecule has 2 aromatic rings. The summed E-state index contributed by atoms with van der Waals surface area (Å²) in [6.07, 6.45) is 1.10. The first-order valence-electron chi connectivity index (χ1n) is 6.22. The molecule has 18 heavy (non-hydrogen) atoms. The largest absolute Gasteiger partial charge is 0.419 e. The lowest BCUT2D eigenvalue weighted by molar-refractivity contribution is 0.469. The molecule has 2 heterocycles. The highest BCUT2D eigenvalue weighted by Crippen LogP contribution is 2.26. The number of benzene rings is 1. The van der Waals surface area contributed by atoms with Crippen LogP contribution in [0.25, 0.3) is 11.1 Å².